The number of amides is 1. The van der Waals surface area contributed by atoms with Crippen molar-refractivity contribution in [1.82, 2.24) is 25.5 Å². The summed E-state index contributed by atoms with van der Waals surface area (Å²) in [5.74, 6) is 1.24. The summed E-state index contributed by atoms with van der Waals surface area (Å²) in [5.41, 5.74) is 2.97. The smallest absolute Gasteiger partial charge is 0.224 e. The van der Waals surface area contributed by atoms with E-state index in [-0.39, 0.29) is 11.9 Å². The minimum absolute atomic E-state index is 0.0302. The van der Waals surface area contributed by atoms with E-state index in [9.17, 15) is 4.79 Å². The lowest BCUT2D eigenvalue weighted by Crippen LogP contribution is -2.28. The highest BCUT2D eigenvalue weighted by Gasteiger charge is 2.40. The Hall–Kier alpha value is -3.22. The Kier molecular flexibility index (Phi) is 4.35. The maximum absolute atomic E-state index is 12.3. The molecule has 1 amide bonds. The Labute approximate surface area is 151 Å². The fourth-order valence-electron chi connectivity index (χ4n) is 3.16. The summed E-state index contributed by atoms with van der Waals surface area (Å²) in [5, 5.41) is 14.2. The molecular formula is C19H19N5O2. The van der Waals surface area contributed by atoms with Crippen molar-refractivity contribution in [1.29, 1.82) is 0 Å². The number of nitrogens with zero attached hydrogens (tertiary/aromatic N) is 4. The van der Waals surface area contributed by atoms with E-state index in [2.05, 4.69) is 26.9 Å². The van der Waals surface area contributed by atoms with Gasteiger partial charge >= 0.3 is 0 Å². The van der Waals surface area contributed by atoms with Crippen LogP contribution in [0.3, 0.4) is 0 Å². The quantitative estimate of drug-likeness (QED) is 0.735. The van der Waals surface area contributed by atoms with Gasteiger partial charge in [-0.05, 0) is 46.2 Å². The number of ether oxygens (including phenoxy) is 1. The second-order valence-electron chi connectivity index (χ2n) is 6.36. The molecule has 0 saturated heterocycles. The Morgan fingerprint density at radius 3 is 2.77 bits per heavy atom. The van der Waals surface area contributed by atoms with Gasteiger partial charge in [-0.2, -0.15) is 0 Å². The van der Waals surface area contributed by atoms with Gasteiger partial charge in [-0.3, -0.25) is 4.79 Å². The molecule has 0 spiro atoms. The van der Waals surface area contributed by atoms with Crippen molar-refractivity contribution in [3.05, 3.63) is 66.0 Å². The van der Waals surface area contributed by atoms with Crippen LogP contribution in [0.25, 0.3) is 5.69 Å². The van der Waals surface area contributed by atoms with Gasteiger partial charge in [0.15, 0.2) is 0 Å². The third-order valence-corrected chi connectivity index (χ3v) is 4.59. The Morgan fingerprint density at radius 1 is 1.23 bits per heavy atom. The summed E-state index contributed by atoms with van der Waals surface area (Å²) >= 11 is 0. The average Bonchev–Trinajstić information content (AvgIpc) is 3.19. The second-order valence-corrected chi connectivity index (χ2v) is 6.36. The fraction of sp³-hybridized carbons (Fsp3) is 0.263. The zero-order valence-corrected chi connectivity index (χ0v) is 14.4. The monoisotopic (exact) mass is 349 g/mol. The van der Waals surface area contributed by atoms with Crippen LogP contribution in [-0.2, 0) is 11.2 Å². The zero-order valence-electron chi connectivity index (χ0n) is 14.4. The molecule has 1 fully saturated rings. The molecule has 2 atom stereocenters. The molecule has 7 nitrogen and oxygen atoms in total. The van der Waals surface area contributed by atoms with E-state index >= 15 is 0 Å². The molecule has 0 aliphatic heterocycles. The number of rotatable bonds is 6. The van der Waals surface area contributed by atoms with E-state index in [1.54, 1.807) is 11.8 Å². The molecule has 1 aliphatic carbocycles. The third kappa shape index (κ3) is 3.42. The molecule has 4 rings (SSSR count). The van der Waals surface area contributed by atoms with Crippen molar-refractivity contribution in [2.45, 2.75) is 24.8 Å². The van der Waals surface area contributed by atoms with Crippen molar-refractivity contribution in [3.8, 4) is 11.4 Å². The molecule has 0 bridgehead atoms. The van der Waals surface area contributed by atoms with Crippen LogP contribution in [-0.4, -0.2) is 39.3 Å². The van der Waals surface area contributed by atoms with Gasteiger partial charge in [-0.15, -0.1) is 5.10 Å². The standard InChI is InChI=1S/C19H19N5O2/c1-26-18-5-3-2-4-15(18)16-11-17(16)21-19(25)10-13-6-8-14(9-7-13)24-12-20-22-23-24/h2-9,12,16-17H,10-11H2,1H3,(H,21,25)/t16-,17-/m1/s1. The molecular weight excluding hydrogens is 330 g/mol. The summed E-state index contributed by atoms with van der Waals surface area (Å²) in [7, 11) is 1.67. The summed E-state index contributed by atoms with van der Waals surface area (Å²) in [4.78, 5) is 12.3. The van der Waals surface area contributed by atoms with Crippen LogP contribution in [0, 0.1) is 0 Å². The van der Waals surface area contributed by atoms with Crippen molar-refractivity contribution in [3.63, 3.8) is 0 Å². The van der Waals surface area contributed by atoms with E-state index in [4.69, 9.17) is 4.74 Å². The Bertz CT molecular complexity index is 893. The highest BCUT2D eigenvalue weighted by molar-refractivity contribution is 5.79. The number of benzene rings is 2. The maximum Gasteiger partial charge on any atom is 0.224 e. The molecule has 1 aromatic heterocycles. The molecule has 0 radical (unpaired) electrons. The van der Waals surface area contributed by atoms with E-state index in [1.165, 1.54) is 6.33 Å². The van der Waals surface area contributed by atoms with E-state index < -0.39 is 0 Å². The van der Waals surface area contributed by atoms with Gasteiger partial charge in [0, 0.05) is 12.0 Å². The van der Waals surface area contributed by atoms with Gasteiger partial charge in [-0.25, -0.2) is 4.68 Å². The predicted molar refractivity (Wildman–Crippen MR) is 95.1 cm³/mol. The van der Waals surface area contributed by atoms with E-state index in [0.717, 1.165) is 29.0 Å². The maximum atomic E-state index is 12.3. The lowest BCUT2D eigenvalue weighted by molar-refractivity contribution is -0.120. The lowest BCUT2D eigenvalue weighted by Gasteiger charge is -2.09. The molecule has 7 heteroatoms. The van der Waals surface area contributed by atoms with Crippen LogP contribution in [0.2, 0.25) is 0 Å². The molecule has 3 aromatic rings. The van der Waals surface area contributed by atoms with Crippen LogP contribution in [0.5, 0.6) is 5.75 Å². The van der Waals surface area contributed by atoms with Gasteiger partial charge in [-0.1, -0.05) is 30.3 Å². The SMILES string of the molecule is COc1ccccc1[C@H]1C[C@H]1NC(=O)Cc1ccc(-n2cnnn2)cc1. The van der Waals surface area contributed by atoms with Crippen molar-refractivity contribution < 1.29 is 9.53 Å². The number of carbonyl (C=O) groups excluding carboxylic acids is 1. The lowest BCUT2D eigenvalue weighted by atomic mass is 10.1. The number of para-hydroxylation sites is 1. The number of hydrogen-bond donors (Lipinski definition) is 1. The van der Waals surface area contributed by atoms with Crippen molar-refractivity contribution >= 4 is 5.91 Å². The molecule has 1 N–H and O–H groups in total. The first-order chi connectivity index (χ1) is 12.7. The molecule has 1 heterocycles. The first-order valence-electron chi connectivity index (χ1n) is 8.49. The minimum Gasteiger partial charge on any atom is -0.496 e. The van der Waals surface area contributed by atoms with Gasteiger partial charge < -0.3 is 10.1 Å². The van der Waals surface area contributed by atoms with Crippen LogP contribution in [0.15, 0.2) is 54.9 Å². The molecule has 132 valence electrons. The molecule has 2 aromatic carbocycles. The number of aromatic nitrogens is 4. The molecule has 0 unspecified atom stereocenters. The highest BCUT2D eigenvalue weighted by Crippen LogP contribution is 2.44. The summed E-state index contributed by atoms with van der Waals surface area (Å²) < 4.78 is 6.98. The highest BCUT2D eigenvalue weighted by atomic mass is 16.5. The Balaban J connectivity index is 1.34. The van der Waals surface area contributed by atoms with Gasteiger partial charge in [0.1, 0.15) is 12.1 Å². The number of tetrazole rings is 1. The van der Waals surface area contributed by atoms with Crippen molar-refractivity contribution in [2.75, 3.05) is 7.11 Å². The number of hydrogen-bond acceptors (Lipinski definition) is 5. The molecule has 26 heavy (non-hydrogen) atoms. The van der Waals surface area contributed by atoms with Crippen LogP contribution in [0.4, 0.5) is 0 Å². The predicted octanol–water partition coefficient (Wildman–Crippen LogP) is 1.89. The van der Waals surface area contributed by atoms with Gasteiger partial charge in [0.05, 0.1) is 19.2 Å². The Morgan fingerprint density at radius 2 is 2.04 bits per heavy atom. The first kappa shape index (κ1) is 16.3. The van der Waals surface area contributed by atoms with E-state index in [0.29, 0.717) is 12.3 Å². The second kappa shape index (κ2) is 6.95. The zero-order chi connectivity index (χ0) is 17.9. The summed E-state index contributed by atoms with van der Waals surface area (Å²) in [6.45, 7) is 0. The largest absolute Gasteiger partial charge is 0.496 e. The normalized spacial score (nSPS) is 18.3. The summed E-state index contributed by atoms with van der Waals surface area (Å²) in [6, 6.07) is 15.8. The number of carbonyl (C=O) groups is 1. The third-order valence-electron chi connectivity index (χ3n) is 4.59. The van der Waals surface area contributed by atoms with Gasteiger partial charge in [0.25, 0.3) is 0 Å². The van der Waals surface area contributed by atoms with Crippen LogP contribution >= 0.6 is 0 Å². The van der Waals surface area contributed by atoms with Crippen LogP contribution in [0.1, 0.15) is 23.5 Å². The van der Waals surface area contributed by atoms with Crippen LogP contribution < -0.4 is 10.1 Å². The van der Waals surface area contributed by atoms with Gasteiger partial charge in [0.2, 0.25) is 5.91 Å². The fourth-order valence-corrected chi connectivity index (χ4v) is 3.16. The minimum atomic E-state index is 0.0302. The van der Waals surface area contributed by atoms with E-state index in [1.807, 2.05) is 42.5 Å². The number of methoxy groups -OCH3 is 1. The number of nitrogens with one attached hydrogen (secondary N) is 1. The topological polar surface area (TPSA) is 81.9 Å². The first-order valence-corrected chi connectivity index (χ1v) is 8.49. The molecule has 1 aliphatic rings. The summed E-state index contributed by atoms with van der Waals surface area (Å²) in [6.07, 6.45) is 2.84. The average molecular weight is 349 g/mol. The molecule has 1 saturated carbocycles. The van der Waals surface area contributed by atoms with Crippen molar-refractivity contribution in [2.24, 2.45) is 0 Å².